The van der Waals surface area contributed by atoms with E-state index in [1.165, 1.54) is 30.4 Å². The number of hydrogen-bond acceptors (Lipinski definition) is 9. The van der Waals surface area contributed by atoms with Crippen LogP contribution in [-0.2, 0) is 38.1 Å². The van der Waals surface area contributed by atoms with Gasteiger partial charge in [-0.05, 0) is 25.3 Å². The van der Waals surface area contributed by atoms with Crippen LogP contribution < -0.4 is 0 Å². The van der Waals surface area contributed by atoms with E-state index in [1.807, 2.05) is 6.08 Å². The van der Waals surface area contributed by atoms with Gasteiger partial charge in [-0.15, -0.1) is 0 Å². The van der Waals surface area contributed by atoms with Gasteiger partial charge in [0.25, 0.3) is 0 Å². The van der Waals surface area contributed by atoms with Crippen LogP contribution in [0.25, 0.3) is 0 Å². The number of aliphatic hydroxyl groups excluding tert-OH is 1. The van der Waals surface area contributed by atoms with E-state index in [9.17, 15) is 19.5 Å². The lowest BCUT2D eigenvalue weighted by Gasteiger charge is -2.58. The molecule has 0 radical (unpaired) electrons. The smallest absolute Gasteiger partial charge is 0.331 e. The van der Waals surface area contributed by atoms with Crippen LogP contribution in [-0.4, -0.2) is 73.4 Å². The Bertz CT molecular complexity index is 1070. The van der Waals surface area contributed by atoms with Crippen LogP contribution in [0.15, 0.2) is 47.6 Å². The average Bonchev–Trinajstić information content (AvgIpc) is 3.62. The van der Waals surface area contributed by atoms with Crippen molar-refractivity contribution in [1.82, 2.24) is 0 Å². The topological polar surface area (TPSA) is 121 Å². The molecule has 5 aliphatic rings. The number of carbonyl (C=O) groups is 3. The number of epoxide rings is 1. The van der Waals surface area contributed by atoms with E-state index in [-0.39, 0.29) is 25.9 Å². The first-order valence-electron chi connectivity index (χ1n) is 12.4. The molecule has 5 rings (SSSR count). The second-order valence-electron chi connectivity index (χ2n) is 10.5. The molecule has 3 aliphatic heterocycles. The largest absolute Gasteiger partial charge is 0.462 e. The Hall–Kier alpha value is -2.75. The molecule has 194 valence electrons. The Labute approximate surface area is 209 Å². The SMILES string of the molecule is C/C1=C\C(=O)OC[C@]23CCC(CO)=C[C@H]2O[C@@H]2C[C@@H](OC(=O)/C=C\C=C\C(=O)OCC1)[C@@]3(C)[C@]21CO1. The minimum Gasteiger partial charge on any atom is -0.462 e. The highest BCUT2D eigenvalue weighted by molar-refractivity contribution is 5.85. The predicted octanol–water partition coefficient (Wildman–Crippen LogP) is 2.09. The number of esters is 3. The van der Waals surface area contributed by atoms with Crippen LogP contribution in [0.3, 0.4) is 0 Å². The fraction of sp³-hybridized carbons (Fsp3) is 0.593. The highest BCUT2D eigenvalue weighted by atomic mass is 16.6. The molecule has 9 heteroatoms. The zero-order chi connectivity index (χ0) is 25.6. The van der Waals surface area contributed by atoms with E-state index in [4.69, 9.17) is 23.7 Å². The summed E-state index contributed by atoms with van der Waals surface area (Å²) in [5.74, 6) is -1.60. The first-order chi connectivity index (χ1) is 17.2. The van der Waals surface area contributed by atoms with Crippen LogP contribution in [0.2, 0.25) is 0 Å². The van der Waals surface area contributed by atoms with Crippen molar-refractivity contribution in [3.63, 3.8) is 0 Å². The second kappa shape index (κ2) is 9.28. The summed E-state index contributed by atoms with van der Waals surface area (Å²) >= 11 is 0. The monoisotopic (exact) mass is 500 g/mol. The summed E-state index contributed by atoms with van der Waals surface area (Å²) in [5.41, 5.74) is -0.453. The maximum absolute atomic E-state index is 12.8. The minimum atomic E-state index is -0.720. The standard InChI is InChI=1S/C27H32O9/c1-17-8-10-32-22(29)5-3-4-6-23(30)36-19-13-21-27(16-34-27)25(19,2)26(15-33-24(31)11-17)9-7-18(14-28)12-20(26)35-21/h3-6,11-12,19-21,28H,7-10,13-16H2,1-2H3/b5-3+,6-4-,17-11+/t19-,20-,21-,25-,26-,27+/m1/s1. The Morgan fingerprint density at radius 3 is 2.47 bits per heavy atom. The highest BCUT2D eigenvalue weighted by Crippen LogP contribution is 2.72. The minimum absolute atomic E-state index is 0.0471. The van der Waals surface area contributed by atoms with E-state index in [2.05, 4.69) is 6.92 Å². The van der Waals surface area contributed by atoms with Gasteiger partial charge in [-0.1, -0.05) is 30.7 Å². The van der Waals surface area contributed by atoms with Crippen molar-refractivity contribution in [2.24, 2.45) is 10.8 Å². The van der Waals surface area contributed by atoms with Crippen LogP contribution in [0.1, 0.15) is 39.5 Å². The fourth-order valence-electron chi connectivity index (χ4n) is 6.51. The highest BCUT2D eigenvalue weighted by Gasteiger charge is 2.83. The summed E-state index contributed by atoms with van der Waals surface area (Å²) in [6, 6.07) is 0. The Morgan fingerprint density at radius 2 is 1.75 bits per heavy atom. The van der Waals surface area contributed by atoms with Gasteiger partial charge < -0.3 is 28.8 Å². The van der Waals surface area contributed by atoms with Crippen LogP contribution in [0.5, 0.6) is 0 Å². The van der Waals surface area contributed by atoms with Gasteiger partial charge >= 0.3 is 17.9 Å². The molecule has 2 bridgehead atoms. The summed E-state index contributed by atoms with van der Waals surface area (Å²) in [4.78, 5) is 37.4. The fourth-order valence-corrected chi connectivity index (χ4v) is 6.51. The third kappa shape index (κ3) is 3.93. The van der Waals surface area contributed by atoms with E-state index >= 15 is 0 Å². The third-order valence-corrected chi connectivity index (χ3v) is 8.71. The van der Waals surface area contributed by atoms with Gasteiger partial charge in [0, 0.05) is 36.5 Å². The Morgan fingerprint density at radius 1 is 1.00 bits per heavy atom. The zero-order valence-corrected chi connectivity index (χ0v) is 20.6. The van der Waals surface area contributed by atoms with Crippen molar-refractivity contribution < 1.29 is 43.2 Å². The lowest BCUT2D eigenvalue weighted by molar-refractivity contribution is -0.232. The molecule has 1 N–H and O–H groups in total. The van der Waals surface area contributed by atoms with Crippen molar-refractivity contribution >= 4 is 17.9 Å². The summed E-state index contributed by atoms with van der Waals surface area (Å²) in [6.45, 7) is 4.39. The van der Waals surface area contributed by atoms with Crippen LogP contribution in [0.4, 0.5) is 0 Å². The van der Waals surface area contributed by atoms with Crippen LogP contribution in [0, 0.1) is 10.8 Å². The quantitative estimate of drug-likeness (QED) is 0.250. The van der Waals surface area contributed by atoms with Gasteiger partial charge in [0.15, 0.2) is 0 Å². The molecule has 6 atom stereocenters. The molecule has 3 fully saturated rings. The molecule has 0 aromatic rings. The van der Waals surface area contributed by atoms with E-state index in [1.54, 1.807) is 6.92 Å². The van der Waals surface area contributed by atoms with Gasteiger partial charge in [0.1, 0.15) is 18.3 Å². The summed E-state index contributed by atoms with van der Waals surface area (Å²) in [7, 11) is 0. The normalized spacial score (nSPS) is 44.0. The zero-order valence-electron chi connectivity index (χ0n) is 20.6. The van der Waals surface area contributed by atoms with E-state index in [0.717, 1.165) is 11.1 Å². The Kier molecular flexibility index (Phi) is 6.43. The number of carbonyl (C=O) groups excluding carboxylic acids is 3. The van der Waals surface area contributed by atoms with Crippen molar-refractivity contribution in [3.8, 4) is 0 Å². The Balaban J connectivity index is 1.54. The van der Waals surface area contributed by atoms with Crippen molar-refractivity contribution in [1.29, 1.82) is 0 Å². The van der Waals surface area contributed by atoms with Gasteiger partial charge in [-0.2, -0.15) is 0 Å². The molecule has 9 nitrogen and oxygen atoms in total. The molecule has 2 spiro atoms. The molecule has 0 aromatic carbocycles. The molecule has 0 aromatic heterocycles. The van der Waals surface area contributed by atoms with Gasteiger partial charge in [0.05, 0.1) is 37.4 Å². The average molecular weight is 501 g/mol. The van der Waals surface area contributed by atoms with Gasteiger partial charge in [-0.3, -0.25) is 0 Å². The summed E-state index contributed by atoms with van der Waals surface area (Å²) in [5, 5.41) is 9.80. The molecular weight excluding hydrogens is 468 g/mol. The number of aliphatic hydroxyl groups is 1. The van der Waals surface area contributed by atoms with Crippen LogP contribution >= 0.6 is 0 Å². The number of ether oxygens (including phenoxy) is 5. The lowest BCUT2D eigenvalue weighted by atomic mass is 9.51. The maximum Gasteiger partial charge on any atom is 0.331 e. The molecule has 2 saturated heterocycles. The number of hydrogen-bond donors (Lipinski definition) is 1. The number of cyclic esters (lactones) is 2. The molecule has 0 amide bonds. The molecular formula is C27H32O9. The molecule has 1 saturated carbocycles. The lowest BCUT2D eigenvalue weighted by Crippen LogP contribution is -2.66. The van der Waals surface area contributed by atoms with Gasteiger partial charge in [0.2, 0.25) is 0 Å². The summed E-state index contributed by atoms with van der Waals surface area (Å²) < 4.78 is 29.6. The predicted molar refractivity (Wildman–Crippen MR) is 125 cm³/mol. The second-order valence-corrected chi connectivity index (χ2v) is 10.5. The summed E-state index contributed by atoms with van der Waals surface area (Å²) in [6.07, 6.45) is 9.46. The first-order valence-corrected chi connectivity index (χ1v) is 12.4. The van der Waals surface area contributed by atoms with Crippen molar-refractivity contribution in [3.05, 3.63) is 47.6 Å². The van der Waals surface area contributed by atoms with E-state index in [0.29, 0.717) is 32.3 Å². The molecule has 36 heavy (non-hydrogen) atoms. The molecule has 0 unspecified atom stereocenters. The number of allylic oxidation sites excluding steroid dienone is 2. The third-order valence-electron chi connectivity index (χ3n) is 8.71. The van der Waals surface area contributed by atoms with Gasteiger partial charge in [-0.25, -0.2) is 14.4 Å². The number of rotatable bonds is 1. The molecule has 2 aliphatic carbocycles. The molecule has 3 heterocycles. The maximum atomic E-state index is 12.8. The van der Waals surface area contributed by atoms with Crippen molar-refractivity contribution in [2.75, 3.05) is 26.4 Å². The van der Waals surface area contributed by atoms with E-state index < -0.39 is 46.5 Å². The van der Waals surface area contributed by atoms with Crippen molar-refractivity contribution in [2.45, 2.75) is 63.4 Å². The first kappa shape index (κ1) is 24.9.